The molecule has 2 rings (SSSR count). The standard InChI is InChI=1S/C15H12Cl2O/c1-9-5-3-4-6-11(9)15(18)12-8-14(17)13(16)7-10(12)2/h3-8H,1-2H3. The van der Waals surface area contributed by atoms with Gasteiger partial charge in [0.2, 0.25) is 0 Å². The van der Waals surface area contributed by atoms with Crippen LogP contribution in [0.2, 0.25) is 10.0 Å². The van der Waals surface area contributed by atoms with Crippen molar-refractivity contribution in [2.75, 3.05) is 0 Å². The summed E-state index contributed by atoms with van der Waals surface area (Å²) in [4.78, 5) is 12.4. The van der Waals surface area contributed by atoms with E-state index >= 15 is 0 Å². The normalized spacial score (nSPS) is 10.4. The Bertz CT molecular complexity index is 618. The van der Waals surface area contributed by atoms with Gasteiger partial charge in [-0.2, -0.15) is 0 Å². The molecular formula is C15H12Cl2O. The highest BCUT2D eigenvalue weighted by molar-refractivity contribution is 6.42. The van der Waals surface area contributed by atoms with Crippen molar-refractivity contribution >= 4 is 29.0 Å². The van der Waals surface area contributed by atoms with Crippen LogP contribution in [0.15, 0.2) is 36.4 Å². The summed E-state index contributed by atoms with van der Waals surface area (Å²) >= 11 is 11.9. The second-order valence-corrected chi connectivity index (χ2v) is 5.04. The van der Waals surface area contributed by atoms with E-state index < -0.39 is 0 Å². The minimum atomic E-state index is -0.0239. The molecule has 18 heavy (non-hydrogen) atoms. The number of halogens is 2. The third kappa shape index (κ3) is 2.43. The number of hydrogen-bond acceptors (Lipinski definition) is 1. The lowest BCUT2D eigenvalue weighted by Crippen LogP contribution is -2.05. The van der Waals surface area contributed by atoms with Crippen molar-refractivity contribution < 1.29 is 4.79 Å². The van der Waals surface area contributed by atoms with Crippen molar-refractivity contribution in [2.45, 2.75) is 13.8 Å². The third-order valence-corrected chi connectivity index (χ3v) is 3.62. The van der Waals surface area contributed by atoms with E-state index in [4.69, 9.17) is 23.2 Å². The molecular weight excluding hydrogens is 267 g/mol. The molecule has 2 aromatic rings. The Hall–Kier alpha value is -1.31. The number of ketones is 1. The van der Waals surface area contributed by atoms with E-state index in [1.165, 1.54) is 0 Å². The van der Waals surface area contributed by atoms with Crippen LogP contribution in [0.5, 0.6) is 0 Å². The van der Waals surface area contributed by atoms with Crippen molar-refractivity contribution in [2.24, 2.45) is 0 Å². The summed E-state index contributed by atoms with van der Waals surface area (Å²) in [5.74, 6) is -0.0239. The molecule has 0 aliphatic heterocycles. The van der Waals surface area contributed by atoms with Gasteiger partial charge in [0.05, 0.1) is 10.0 Å². The average Bonchev–Trinajstić information content (AvgIpc) is 2.33. The number of hydrogen-bond donors (Lipinski definition) is 0. The monoisotopic (exact) mass is 278 g/mol. The molecule has 0 bridgehead atoms. The highest BCUT2D eigenvalue weighted by Crippen LogP contribution is 2.27. The summed E-state index contributed by atoms with van der Waals surface area (Å²) < 4.78 is 0. The molecule has 92 valence electrons. The number of aryl methyl sites for hydroxylation is 2. The smallest absolute Gasteiger partial charge is 0.193 e. The lowest BCUT2D eigenvalue weighted by atomic mass is 9.96. The van der Waals surface area contributed by atoms with E-state index in [0.717, 1.165) is 11.1 Å². The van der Waals surface area contributed by atoms with E-state index in [-0.39, 0.29) is 5.78 Å². The van der Waals surface area contributed by atoms with Crippen LogP contribution >= 0.6 is 23.2 Å². The molecule has 0 fully saturated rings. The minimum Gasteiger partial charge on any atom is -0.289 e. The van der Waals surface area contributed by atoms with Crippen LogP contribution in [0, 0.1) is 13.8 Å². The molecule has 0 amide bonds. The lowest BCUT2D eigenvalue weighted by Gasteiger charge is -2.09. The predicted octanol–water partition coefficient (Wildman–Crippen LogP) is 4.84. The maximum atomic E-state index is 12.4. The van der Waals surface area contributed by atoms with Gasteiger partial charge in [-0.3, -0.25) is 4.79 Å². The van der Waals surface area contributed by atoms with Gasteiger partial charge in [-0.25, -0.2) is 0 Å². The Labute approximate surface area is 116 Å². The number of benzene rings is 2. The highest BCUT2D eigenvalue weighted by Gasteiger charge is 2.15. The summed E-state index contributed by atoms with van der Waals surface area (Å²) in [6, 6.07) is 10.9. The van der Waals surface area contributed by atoms with Crippen LogP contribution in [-0.4, -0.2) is 5.78 Å². The fourth-order valence-electron chi connectivity index (χ4n) is 1.86. The first-order chi connectivity index (χ1) is 8.50. The van der Waals surface area contributed by atoms with Gasteiger partial charge in [0.1, 0.15) is 0 Å². The largest absolute Gasteiger partial charge is 0.289 e. The molecule has 2 aromatic carbocycles. The van der Waals surface area contributed by atoms with E-state index in [0.29, 0.717) is 21.2 Å². The fourth-order valence-corrected chi connectivity index (χ4v) is 2.25. The molecule has 0 aliphatic rings. The highest BCUT2D eigenvalue weighted by atomic mass is 35.5. The van der Waals surface area contributed by atoms with Crippen molar-refractivity contribution in [1.82, 2.24) is 0 Å². The van der Waals surface area contributed by atoms with Gasteiger partial charge in [-0.05, 0) is 37.1 Å². The van der Waals surface area contributed by atoms with Crippen molar-refractivity contribution in [1.29, 1.82) is 0 Å². The molecule has 0 saturated carbocycles. The summed E-state index contributed by atoms with van der Waals surface area (Å²) in [5.41, 5.74) is 3.07. The maximum absolute atomic E-state index is 12.4. The van der Waals surface area contributed by atoms with Gasteiger partial charge in [0.25, 0.3) is 0 Å². The van der Waals surface area contributed by atoms with Crippen LogP contribution in [-0.2, 0) is 0 Å². The van der Waals surface area contributed by atoms with E-state index in [1.807, 2.05) is 38.1 Å². The van der Waals surface area contributed by atoms with E-state index in [9.17, 15) is 4.79 Å². The van der Waals surface area contributed by atoms with Gasteiger partial charge in [0.15, 0.2) is 5.78 Å². The van der Waals surface area contributed by atoms with Gasteiger partial charge in [0, 0.05) is 11.1 Å². The number of rotatable bonds is 2. The van der Waals surface area contributed by atoms with E-state index in [1.54, 1.807) is 12.1 Å². The zero-order chi connectivity index (χ0) is 13.3. The first-order valence-corrected chi connectivity index (χ1v) is 6.32. The Morgan fingerprint density at radius 3 is 2.17 bits per heavy atom. The molecule has 0 radical (unpaired) electrons. The summed E-state index contributed by atoms with van der Waals surface area (Å²) in [5, 5.41) is 0.870. The zero-order valence-corrected chi connectivity index (χ0v) is 11.6. The molecule has 0 atom stereocenters. The molecule has 0 saturated heterocycles. The summed E-state index contributed by atoms with van der Waals surface area (Å²) in [6.45, 7) is 3.77. The van der Waals surface area contributed by atoms with Gasteiger partial charge >= 0.3 is 0 Å². The zero-order valence-electron chi connectivity index (χ0n) is 10.1. The Balaban J connectivity index is 2.53. The van der Waals surface area contributed by atoms with Crippen LogP contribution in [0.1, 0.15) is 27.0 Å². The Morgan fingerprint density at radius 1 is 0.889 bits per heavy atom. The summed E-state index contributed by atoms with van der Waals surface area (Å²) in [6.07, 6.45) is 0. The molecule has 3 heteroatoms. The van der Waals surface area contributed by atoms with Gasteiger partial charge < -0.3 is 0 Å². The Kier molecular flexibility index (Phi) is 3.74. The van der Waals surface area contributed by atoms with Crippen molar-refractivity contribution in [3.05, 3.63) is 68.7 Å². The quantitative estimate of drug-likeness (QED) is 0.719. The van der Waals surface area contributed by atoms with Crippen LogP contribution < -0.4 is 0 Å². The van der Waals surface area contributed by atoms with E-state index in [2.05, 4.69) is 0 Å². The number of carbonyl (C=O) groups is 1. The average molecular weight is 279 g/mol. The van der Waals surface area contributed by atoms with Gasteiger partial charge in [-0.15, -0.1) is 0 Å². The third-order valence-electron chi connectivity index (χ3n) is 2.90. The molecule has 0 spiro atoms. The lowest BCUT2D eigenvalue weighted by molar-refractivity contribution is 0.103. The molecule has 1 nitrogen and oxygen atoms in total. The predicted molar refractivity (Wildman–Crippen MR) is 75.8 cm³/mol. The fraction of sp³-hybridized carbons (Fsp3) is 0.133. The first-order valence-electron chi connectivity index (χ1n) is 5.56. The van der Waals surface area contributed by atoms with Crippen LogP contribution in [0.4, 0.5) is 0 Å². The topological polar surface area (TPSA) is 17.1 Å². The second kappa shape index (κ2) is 5.13. The van der Waals surface area contributed by atoms with Crippen molar-refractivity contribution in [3.63, 3.8) is 0 Å². The molecule has 0 aliphatic carbocycles. The molecule has 0 N–H and O–H groups in total. The minimum absolute atomic E-state index is 0.0239. The Morgan fingerprint density at radius 2 is 1.50 bits per heavy atom. The first kappa shape index (κ1) is 13.1. The number of carbonyl (C=O) groups excluding carboxylic acids is 1. The second-order valence-electron chi connectivity index (χ2n) is 4.23. The maximum Gasteiger partial charge on any atom is 0.193 e. The van der Waals surface area contributed by atoms with Gasteiger partial charge in [-0.1, -0.05) is 47.5 Å². The SMILES string of the molecule is Cc1ccccc1C(=O)c1cc(Cl)c(Cl)cc1C. The summed E-state index contributed by atoms with van der Waals surface area (Å²) in [7, 11) is 0. The molecule has 0 heterocycles. The van der Waals surface area contributed by atoms with Crippen molar-refractivity contribution in [3.8, 4) is 0 Å². The van der Waals surface area contributed by atoms with Crippen LogP contribution in [0.25, 0.3) is 0 Å². The molecule has 0 aromatic heterocycles. The molecule has 0 unspecified atom stereocenters. The van der Waals surface area contributed by atoms with Crippen LogP contribution in [0.3, 0.4) is 0 Å².